The van der Waals surface area contributed by atoms with Gasteiger partial charge in [-0.25, -0.2) is 0 Å². The molecule has 0 bridgehead atoms. The maximum Gasteiger partial charge on any atom is 0.254 e. The van der Waals surface area contributed by atoms with Gasteiger partial charge in [-0.1, -0.05) is 36.7 Å². The molecule has 0 heterocycles. The Morgan fingerprint density at radius 2 is 1.74 bits per heavy atom. The number of rotatable bonds is 5. The fraction of sp³-hybridized carbons (Fsp3) is 0.222. The van der Waals surface area contributed by atoms with Crippen LogP contribution in [-0.4, -0.2) is 30.3 Å². The Morgan fingerprint density at radius 3 is 2.39 bits per heavy atom. The summed E-state index contributed by atoms with van der Waals surface area (Å²) in [6, 6.07) is 14.2. The fourth-order valence-corrected chi connectivity index (χ4v) is 2.37. The molecular weight excluding hydrogens is 312 g/mol. The molecule has 4 nitrogen and oxygen atoms in total. The number of benzene rings is 2. The number of carbonyl (C=O) groups excluding carboxylic acids is 2. The van der Waals surface area contributed by atoms with E-state index in [1.54, 1.807) is 31.3 Å². The monoisotopic (exact) mass is 330 g/mol. The molecular formula is C18H19ClN2O2. The normalized spacial score (nSPS) is 10.2. The average molecular weight is 331 g/mol. The topological polar surface area (TPSA) is 49.4 Å². The second kappa shape index (κ2) is 7.79. The third-order valence-corrected chi connectivity index (χ3v) is 3.74. The lowest BCUT2D eigenvalue weighted by atomic mass is 10.1. The summed E-state index contributed by atoms with van der Waals surface area (Å²) < 4.78 is 0. The summed E-state index contributed by atoms with van der Waals surface area (Å²) in [7, 11) is 1.60. The number of amides is 2. The van der Waals surface area contributed by atoms with Crippen LogP contribution in [0.3, 0.4) is 0 Å². The number of nitrogens with zero attached hydrogens (tertiary/aromatic N) is 1. The Kier molecular flexibility index (Phi) is 5.77. The summed E-state index contributed by atoms with van der Waals surface area (Å²) >= 11 is 5.81. The van der Waals surface area contributed by atoms with Crippen molar-refractivity contribution in [3.05, 3.63) is 64.7 Å². The van der Waals surface area contributed by atoms with Crippen molar-refractivity contribution in [1.29, 1.82) is 0 Å². The minimum absolute atomic E-state index is 0.0144. The molecule has 0 radical (unpaired) electrons. The molecule has 5 heteroatoms. The molecule has 1 N–H and O–H groups in total. The number of anilines is 1. The standard InChI is InChI=1S/C18H19ClN2O2/c1-3-13-6-4-5-7-16(13)20-17(22)12-21(2)18(23)14-8-10-15(19)11-9-14/h4-11H,3,12H2,1-2H3,(H,20,22). The Bertz CT molecular complexity index is 698. The Labute approximate surface area is 141 Å². The molecule has 0 saturated heterocycles. The highest BCUT2D eigenvalue weighted by atomic mass is 35.5. The van der Waals surface area contributed by atoms with Crippen LogP contribution in [0.2, 0.25) is 5.02 Å². The molecule has 0 aromatic heterocycles. The summed E-state index contributed by atoms with van der Waals surface area (Å²) in [5, 5.41) is 3.42. The van der Waals surface area contributed by atoms with Gasteiger partial charge in [0.2, 0.25) is 5.91 Å². The highest BCUT2D eigenvalue weighted by molar-refractivity contribution is 6.30. The Balaban J connectivity index is 1.99. The number of aryl methyl sites for hydroxylation is 1. The second-order valence-corrected chi connectivity index (χ2v) is 5.66. The summed E-state index contributed by atoms with van der Waals surface area (Å²) in [5.41, 5.74) is 2.35. The van der Waals surface area contributed by atoms with Crippen LogP contribution in [0.4, 0.5) is 5.69 Å². The van der Waals surface area contributed by atoms with Crippen molar-refractivity contribution in [2.45, 2.75) is 13.3 Å². The summed E-state index contributed by atoms with van der Waals surface area (Å²) in [6.45, 7) is 2.01. The van der Waals surface area contributed by atoms with Gasteiger partial charge in [0.05, 0.1) is 6.54 Å². The van der Waals surface area contributed by atoms with E-state index < -0.39 is 0 Å². The Hall–Kier alpha value is -2.33. The van der Waals surface area contributed by atoms with Gasteiger partial charge in [0.15, 0.2) is 0 Å². The van der Waals surface area contributed by atoms with Gasteiger partial charge < -0.3 is 10.2 Å². The number of halogens is 1. The van der Waals surface area contributed by atoms with Crippen molar-refractivity contribution in [2.75, 3.05) is 18.9 Å². The van der Waals surface area contributed by atoms with Gasteiger partial charge in [-0.05, 0) is 42.3 Å². The number of nitrogens with one attached hydrogen (secondary N) is 1. The maximum atomic E-state index is 12.3. The van der Waals surface area contributed by atoms with Gasteiger partial charge >= 0.3 is 0 Å². The van der Waals surface area contributed by atoms with Crippen LogP contribution in [0.1, 0.15) is 22.8 Å². The molecule has 120 valence electrons. The number of hydrogen-bond donors (Lipinski definition) is 1. The van der Waals surface area contributed by atoms with Crippen LogP contribution in [0.5, 0.6) is 0 Å². The van der Waals surface area contributed by atoms with Crippen molar-refractivity contribution in [2.24, 2.45) is 0 Å². The second-order valence-electron chi connectivity index (χ2n) is 5.23. The van der Waals surface area contributed by atoms with Gasteiger partial charge in [-0.3, -0.25) is 9.59 Å². The highest BCUT2D eigenvalue weighted by Crippen LogP contribution is 2.15. The smallest absolute Gasteiger partial charge is 0.254 e. The van der Waals surface area contributed by atoms with E-state index in [1.165, 1.54) is 4.90 Å². The molecule has 0 spiro atoms. The Morgan fingerprint density at radius 1 is 1.09 bits per heavy atom. The molecule has 23 heavy (non-hydrogen) atoms. The zero-order chi connectivity index (χ0) is 16.8. The minimum Gasteiger partial charge on any atom is -0.332 e. The maximum absolute atomic E-state index is 12.3. The molecule has 0 unspecified atom stereocenters. The zero-order valence-corrected chi connectivity index (χ0v) is 13.9. The third-order valence-electron chi connectivity index (χ3n) is 3.49. The van der Waals surface area contributed by atoms with Gasteiger partial charge in [-0.2, -0.15) is 0 Å². The molecule has 0 aliphatic heterocycles. The van der Waals surface area contributed by atoms with Crippen molar-refractivity contribution < 1.29 is 9.59 Å². The molecule has 0 saturated carbocycles. The molecule has 2 aromatic carbocycles. The van der Waals surface area contributed by atoms with E-state index >= 15 is 0 Å². The van der Waals surface area contributed by atoms with Crippen LogP contribution >= 0.6 is 11.6 Å². The van der Waals surface area contributed by atoms with Crippen LogP contribution in [0.15, 0.2) is 48.5 Å². The minimum atomic E-state index is -0.226. The van der Waals surface area contributed by atoms with E-state index in [0.29, 0.717) is 10.6 Å². The van der Waals surface area contributed by atoms with E-state index in [-0.39, 0.29) is 18.4 Å². The molecule has 2 aromatic rings. The van der Waals surface area contributed by atoms with E-state index in [1.807, 2.05) is 31.2 Å². The van der Waals surface area contributed by atoms with Crippen LogP contribution in [0.25, 0.3) is 0 Å². The largest absolute Gasteiger partial charge is 0.332 e. The first kappa shape index (κ1) is 17.0. The van der Waals surface area contributed by atoms with Crippen molar-refractivity contribution in [1.82, 2.24) is 4.90 Å². The summed E-state index contributed by atoms with van der Waals surface area (Å²) in [4.78, 5) is 25.8. The molecule has 0 aliphatic rings. The number of hydrogen-bond acceptors (Lipinski definition) is 2. The molecule has 0 atom stereocenters. The quantitative estimate of drug-likeness (QED) is 0.910. The van der Waals surface area contributed by atoms with Gasteiger partial charge in [-0.15, -0.1) is 0 Å². The van der Waals surface area contributed by atoms with Crippen LogP contribution in [0, 0.1) is 0 Å². The zero-order valence-electron chi connectivity index (χ0n) is 13.2. The lowest BCUT2D eigenvalue weighted by Crippen LogP contribution is -2.35. The number of carbonyl (C=O) groups is 2. The fourth-order valence-electron chi connectivity index (χ4n) is 2.24. The predicted molar refractivity (Wildman–Crippen MR) is 92.9 cm³/mol. The van der Waals surface area contributed by atoms with Crippen molar-refractivity contribution >= 4 is 29.1 Å². The average Bonchev–Trinajstić information content (AvgIpc) is 2.55. The van der Waals surface area contributed by atoms with E-state index in [4.69, 9.17) is 11.6 Å². The number of para-hydroxylation sites is 1. The SMILES string of the molecule is CCc1ccccc1NC(=O)CN(C)C(=O)c1ccc(Cl)cc1. The highest BCUT2D eigenvalue weighted by Gasteiger charge is 2.15. The first-order chi connectivity index (χ1) is 11.0. The van der Waals surface area contributed by atoms with Gasteiger partial charge in [0, 0.05) is 23.3 Å². The lowest BCUT2D eigenvalue weighted by molar-refractivity contribution is -0.116. The summed E-state index contributed by atoms with van der Waals surface area (Å²) in [5.74, 6) is -0.448. The lowest BCUT2D eigenvalue weighted by Gasteiger charge is -2.17. The van der Waals surface area contributed by atoms with E-state index in [9.17, 15) is 9.59 Å². The molecule has 2 rings (SSSR count). The van der Waals surface area contributed by atoms with Crippen LogP contribution < -0.4 is 5.32 Å². The number of likely N-dealkylation sites (N-methyl/N-ethyl adjacent to an activating group) is 1. The summed E-state index contributed by atoms with van der Waals surface area (Å²) in [6.07, 6.45) is 0.829. The molecule has 2 amide bonds. The van der Waals surface area contributed by atoms with Gasteiger partial charge in [0.25, 0.3) is 5.91 Å². The van der Waals surface area contributed by atoms with Crippen molar-refractivity contribution in [3.63, 3.8) is 0 Å². The molecule has 0 fully saturated rings. The van der Waals surface area contributed by atoms with Crippen LogP contribution in [-0.2, 0) is 11.2 Å². The van der Waals surface area contributed by atoms with Crippen molar-refractivity contribution in [3.8, 4) is 0 Å². The van der Waals surface area contributed by atoms with E-state index in [2.05, 4.69) is 5.32 Å². The first-order valence-corrected chi connectivity index (χ1v) is 7.78. The first-order valence-electron chi connectivity index (χ1n) is 7.40. The predicted octanol–water partition coefficient (Wildman–Crippen LogP) is 3.61. The molecule has 0 aliphatic carbocycles. The van der Waals surface area contributed by atoms with Gasteiger partial charge in [0.1, 0.15) is 0 Å². The van der Waals surface area contributed by atoms with E-state index in [0.717, 1.165) is 17.7 Å². The third kappa shape index (κ3) is 4.57.